The highest BCUT2D eigenvalue weighted by molar-refractivity contribution is 7.89. The first-order valence-corrected chi connectivity index (χ1v) is 8.61. The predicted molar refractivity (Wildman–Crippen MR) is 85.2 cm³/mol. The lowest BCUT2D eigenvalue weighted by atomic mass is 10.1. The van der Waals surface area contributed by atoms with E-state index < -0.39 is 21.9 Å². The van der Waals surface area contributed by atoms with E-state index in [-0.39, 0.29) is 17.2 Å². The van der Waals surface area contributed by atoms with Crippen molar-refractivity contribution in [3.8, 4) is 5.75 Å². The Kier molecular flexibility index (Phi) is 5.33. The van der Waals surface area contributed by atoms with Crippen molar-refractivity contribution in [1.82, 2.24) is 9.29 Å². The Labute approximate surface area is 135 Å². The van der Waals surface area contributed by atoms with Gasteiger partial charge in [-0.15, -0.1) is 0 Å². The van der Waals surface area contributed by atoms with Gasteiger partial charge in [-0.3, -0.25) is 4.98 Å². The van der Waals surface area contributed by atoms with Crippen molar-refractivity contribution in [2.24, 2.45) is 0 Å². The fourth-order valence-corrected chi connectivity index (χ4v) is 4.02. The van der Waals surface area contributed by atoms with Crippen LogP contribution in [0.2, 0.25) is 0 Å². The predicted octanol–water partition coefficient (Wildman–Crippen LogP) is 3.00. The summed E-state index contributed by atoms with van der Waals surface area (Å²) in [4.78, 5) is 4.02. The second kappa shape index (κ2) is 7.06. The molecular weight excluding hydrogens is 319 g/mol. The quantitative estimate of drug-likeness (QED) is 0.812. The normalized spacial score (nSPS) is 13.1. The molecule has 23 heavy (non-hydrogen) atoms. The van der Waals surface area contributed by atoms with E-state index in [2.05, 4.69) is 4.98 Å². The zero-order valence-corrected chi connectivity index (χ0v) is 14.0. The van der Waals surface area contributed by atoms with Gasteiger partial charge in [-0.2, -0.15) is 4.31 Å². The van der Waals surface area contributed by atoms with E-state index in [9.17, 15) is 12.8 Å². The van der Waals surface area contributed by atoms with Crippen LogP contribution in [0.4, 0.5) is 4.39 Å². The molecule has 0 radical (unpaired) electrons. The Hall–Kier alpha value is -1.99. The number of hydrogen-bond donors (Lipinski definition) is 0. The standard InChI is InChI=1S/C16H19FN2O3S/c1-4-19(12(2)13-6-5-9-18-11-13)23(20,21)14-7-8-15(17)16(10-14)22-3/h5-12H,4H2,1-3H3. The largest absolute Gasteiger partial charge is 0.494 e. The summed E-state index contributed by atoms with van der Waals surface area (Å²) in [5.74, 6) is -0.703. The zero-order chi connectivity index (χ0) is 17.0. The second-order valence-electron chi connectivity index (χ2n) is 4.97. The summed E-state index contributed by atoms with van der Waals surface area (Å²) >= 11 is 0. The van der Waals surface area contributed by atoms with Gasteiger partial charge < -0.3 is 4.74 Å². The number of ether oxygens (including phenoxy) is 1. The number of halogens is 1. The SMILES string of the molecule is CCN(C(C)c1cccnc1)S(=O)(=O)c1ccc(F)c(OC)c1. The summed E-state index contributed by atoms with van der Waals surface area (Å²) in [6.07, 6.45) is 3.26. The van der Waals surface area contributed by atoms with E-state index in [1.165, 1.54) is 23.5 Å². The van der Waals surface area contributed by atoms with Crippen molar-refractivity contribution in [3.63, 3.8) is 0 Å². The van der Waals surface area contributed by atoms with Crippen LogP contribution >= 0.6 is 0 Å². The van der Waals surface area contributed by atoms with Gasteiger partial charge in [-0.1, -0.05) is 13.0 Å². The minimum absolute atomic E-state index is 0.00617. The molecule has 1 unspecified atom stereocenters. The number of sulfonamides is 1. The summed E-state index contributed by atoms with van der Waals surface area (Å²) in [6.45, 7) is 3.82. The van der Waals surface area contributed by atoms with Crippen molar-refractivity contribution in [2.45, 2.75) is 24.8 Å². The zero-order valence-electron chi connectivity index (χ0n) is 13.2. The first-order chi connectivity index (χ1) is 10.9. The molecule has 7 heteroatoms. The molecule has 1 aromatic heterocycles. The third-order valence-corrected chi connectivity index (χ3v) is 5.68. The van der Waals surface area contributed by atoms with Crippen molar-refractivity contribution in [3.05, 3.63) is 54.1 Å². The van der Waals surface area contributed by atoms with Crippen LogP contribution in [0.15, 0.2) is 47.6 Å². The van der Waals surface area contributed by atoms with E-state index in [0.29, 0.717) is 0 Å². The van der Waals surface area contributed by atoms with E-state index in [4.69, 9.17) is 4.74 Å². The van der Waals surface area contributed by atoms with E-state index in [0.717, 1.165) is 11.6 Å². The molecule has 1 aromatic carbocycles. The molecule has 0 fully saturated rings. The summed E-state index contributed by atoms with van der Waals surface area (Å²) < 4.78 is 45.5. The maximum atomic E-state index is 13.5. The fraction of sp³-hybridized carbons (Fsp3) is 0.312. The average Bonchev–Trinajstić information content (AvgIpc) is 2.56. The molecule has 0 N–H and O–H groups in total. The lowest BCUT2D eigenvalue weighted by molar-refractivity contribution is 0.355. The van der Waals surface area contributed by atoms with Crippen LogP contribution in [-0.4, -0.2) is 31.4 Å². The van der Waals surface area contributed by atoms with Crippen molar-refractivity contribution in [2.75, 3.05) is 13.7 Å². The summed E-state index contributed by atoms with van der Waals surface area (Å²) in [5, 5.41) is 0. The summed E-state index contributed by atoms with van der Waals surface area (Å²) in [5.41, 5.74) is 0.784. The van der Waals surface area contributed by atoms with Crippen LogP contribution in [0.25, 0.3) is 0 Å². The molecule has 2 aromatic rings. The number of hydrogen-bond acceptors (Lipinski definition) is 4. The maximum absolute atomic E-state index is 13.5. The van der Waals surface area contributed by atoms with Crippen LogP contribution in [0.3, 0.4) is 0 Å². The fourth-order valence-electron chi connectivity index (χ4n) is 2.38. The summed E-state index contributed by atoms with van der Waals surface area (Å²) in [7, 11) is -2.49. The Bertz CT molecular complexity index is 766. The van der Waals surface area contributed by atoms with Crippen LogP contribution < -0.4 is 4.74 Å². The topological polar surface area (TPSA) is 59.5 Å². The van der Waals surface area contributed by atoms with Crippen LogP contribution in [0.1, 0.15) is 25.5 Å². The van der Waals surface area contributed by atoms with Gasteiger partial charge in [-0.25, -0.2) is 12.8 Å². The second-order valence-corrected chi connectivity index (χ2v) is 6.86. The van der Waals surface area contributed by atoms with Crippen LogP contribution in [-0.2, 0) is 10.0 Å². The summed E-state index contributed by atoms with van der Waals surface area (Å²) in [6, 6.07) is 6.72. The van der Waals surface area contributed by atoms with Gasteiger partial charge in [0.2, 0.25) is 10.0 Å². The molecule has 0 saturated carbocycles. The lowest BCUT2D eigenvalue weighted by Crippen LogP contribution is -2.33. The van der Waals surface area contributed by atoms with Crippen molar-refractivity contribution in [1.29, 1.82) is 0 Å². The smallest absolute Gasteiger partial charge is 0.243 e. The van der Waals surface area contributed by atoms with Crippen molar-refractivity contribution < 1.29 is 17.5 Å². The Balaban J connectivity index is 2.43. The minimum atomic E-state index is -3.79. The number of nitrogens with zero attached hydrogens (tertiary/aromatic N) is 2. The number of aromatic nitrogens is 1. The highest BCUT2D eigenvalue weighted by Crippen LogP contribution is 2.29. The maximum Gasteiger partial charge on any atom is 0.243 e. The number of methoxy groups -OCH3 is 1. The average molecular weight is 338 g/mol. The third kappa shape index (κ3) is 3.51. The molecule has 0 aliphatic heterocycles. The van der Waals surface area contributed by atoms with Gasteiger partial charge in [0.1, 0.15) is 0 Å². The van der Waals surface area contributed by atoms with E-state index >= 15 is 0 Å². The Morgan fingerprint density at radius 2 is 2.09 bits per heavy atom. The molecule has 0 spiro atoms. The van der Waals surface area contributed by atoms with Gasteiger partial charge in [0.25, 0.3) is 0 Å². The van der Waals surface area contributed by atoms with Gasteiger partial charge >= 0.3 is 0 Å². The highest BCUT2D eigenvalue weighted by atomic mass is 32.2. The minimum Gasteiger partial charge on any atom is -0.494 e. The molecule has 0 amide bonds. The lowest BCUT2D eigenvalue weighted by Gasteiger charge is -2.27. The number of rotatable bonds is 6. The van der Waals surface area contributed by atoms with Gasteiger partial charge in [0, 0.05) is 31.0 Å². The first-order valence-electron chi connectivity index (χ1n) is 7.17. The van der Waals surface area contributed by atoms with Crippen molar-refractivity contribution >= 4 is 10.0 Å². The first kappa shape index (κ1) is 17.4. The molecule has 0 aliphatic carbocycles. The molecule has 1 atom stereocenters. The van der Waals surface area contributed by atoms with Gasteiger partial charge in [-0.05, 0) is 30.7 Å². The van der Waals surface area contributed by atoms with E-state index in [1.54, 1.807) is 32.3 Å². The number of pyridine rings is 1. The van der Waals surface area contributed by atoms with Crippen LogP contribution in [0.5, 0.6) is 5.75 Å². The molecule has 0 bridgehead atoms. The molecule has 0 aliphatic rings. The monoisotopic (exact) mass is 338 g/mol. The molecular formula is C16H19FN2O3S. The molecule has 124 valence electrons. The molecule has 1 heterocycles. The molecule has 0 saturated heterocycles. The highest BCUT2D eigenvalue weighted by Gasteiger charge is 2.29. The Morgan fingerprint density at radius 3 is 2.65 bits per heavy atom. The molecule has 2 rings (SSSR count). The van der Waals surface area contributed by atoms with Gasteiger partial charge in [0.05, 0.1) is 12.0 Å². The van der Waals surface area contributed by atoms with E-state index in [1.807, 2.05) is 6.07 Å². The third-order valence-electron chi connectivity index (χ3n) is 3.64. The molecule has 5 nitrogen and oxygen atoms in total. The number of benzene rings is 1. The Morgan fingerprint density at radius 1 is 1.35 bits per heavy atom. The van der Waals surface area contributed by atoms with Crippen LogP contribution in [0, 0.1) is 5.82 Å². The van der Waals surface area contributed by atoms with Gasteiger partial charge in [0.15, 0.2) is 11.6 Å².